The zero-order valence-corrected chi connectivity index (χ0v) is 43.3. The summed E-state index contributed by atoms with van der Waals surface area (Å²) in [5.74, 6) is -0.892. The van der Waals surface area contributed by atoms with E-state index in [9.17, 15) is 14.4 Å². The van der Waals surface area contributed by atoms with Gasteiger partial charge in [0.1, 0.15) is 13.2 Å². The van der Waals surface area contributed by atoms with Gasteiger partial charge in [0, 0.05) is 19.3 Å². The highest BCUT2D eigenvalue weighted by Gasteiger charge is 2.19. The number of carbonyl (C=O) groups excluding carboxylic acids is 3. The van der Waals surface area contributed by atoms with Crippen LogP contribution in [0.2, 0.25) is 0 Å². The van der Waals surface area contributed by atoms with Gasteiger partial charge in [0.2, 0.25) is 0 Å². The van der Waals surface area contributed by atoms with E-state index in [4.69, 9.17) is 14.2 Å². The fraction of sp³-hybridized carbons (Fsp3) is 0.814. The standard InChI is InChI=1S/C59H106O6/c1-4-7-10-13-16-19-22-25-27-29-31-32-34-37-40-43-46-49-52-58(61)64-55-56(54-63-57(60)51-48-45-42-39-36-24-21-18-15-12-9-6-3)65-59(62)53-50-47-44-41-38-35-33-30-28-26-23-20-17-14-11-8-5-2/h22,25-29,31-32,56H,4-21,23-24,30,33-55H2,1-3H3/b25-22-,28-26-,29-27-,32-31-. The van der Waals surface area contributed by atoms with Crippen LogP contribution in [0.5, 0.6) is 0 Å². The molecule has 0 fully saturated rings. The second kappa shape index (κ2) is 54.0. The molecule has 0 aromatic heterocycles. The van der Waals surface area contributed by atoms with Crippen LogP contribution in [0, 0.1) is 0 Å². The normalized spacial score (nSPS) is 12.4. The monoisotopic (exact) mass is 911 g/mol. The van der Waals surface area contributed by atoms with Crippen LogP contribution >= 0.6 is 0 Å². The first kappa shape index (κ1) is 62.4. The topological polar surface area (TPSA) is 78.9 Å². The van der Waals surface area contributed by atoms with Crippen LogP contribution in [0.1, 0.15) is 290 Å². The molecule has 0 aliphatic rings. The maximum atomic E-state index is 12.8. The molecule has 0 aliphatic heterocycles. The summed E-state index contributed by atoms with van der Waals surface area (Å²) >= 11 is 0. The van der Waals surface area contributed by atoms with Gasteiger partial charge in [0.15, 0.2) is 6.10 Å². The van der Waals surface area contributed by atoms with Crippen molar-refractivity contribution >= 4 is 17.9 Å². The van der Waals surface area contributed by atoms with E-state index >= 15 is 0 Å². The van der Waals surface area contributed by atoms with E-state index in [1.807, 2.05) is 0 Å². The average Bonchev–Trinajstić information content (AvgIpc) is 3.30. The molecule has 0 heterocycles. The zero-order chi connectivity index (χ0) is 47.2. The molecule has 0 bridgehead atoms. The minimum Gasteiger partial charge on any atom is -0.462 e. The van der Waals surface area contributed by atoms with Gasteiger partial charge in [0.25, 0.3) is 0 Å². The molecule has 0 aliphatic carbocycles. The van der Waals surface area contributed by atoms with E-state index in [0.29, 0.717) is 19.3 Å². The number of esters is 3. The third-order valence-corrected chi connectivity index (χ3v) is 12.4. The van der Waals surface area contributed by atoms with Crippen LogP contribution < -0.4 is 0 Å². The van der Waals surface area contributed by atoms with Crippen LogP contribution in [0.15, 0.2) is 48.6 Å². The summed E-state index contributed by atoms with van der Waals surface area (Å²) in [4.78, 5) is 38.1. The van der Waals surface area contributed by atoms with Crippen LogP contribution in [0.4, 0.5) is 0 Å². The van der Waals surface area contributed by atoms with Gasteiger partial charge in [-0.3, -0.25) is 14.4 Å². The van der Waals surface area contributed by atoms with Crippen LogP contribution in [-0.4, -0.2) is 37.2 Å². The molecule has 0 aromatic carbocycles. The number of rotatable bonds is 51. The molecule has 0 N–H and O–H groups in total. The lowest BCUT2D eigenvalue weighted by Gasteiger charge is -2.18. The maximum absolute atomic E-state index is 12.8. The van der Waals surface area contributed by atoms with Gasteiger partial charge in [-0.1, -0.05) is 249 Å². The molecule has 1 atom stereocenters. The van der Waals surface area contributed by atoms with E-state index < -0.39 is 6.10 Å². The average molecular weight is 911 g/mol. The second-order valence-corrected chi connectivity index (χ2v) is 18.9. The number of unbranched alkanes of at least 4 members (excludes halogenated alkanes) is 34. The molecule has 65 heavy (non-hydrogen) atoms. The molecule has 0 spiro atoms. The summed E-state index contributed by atoms with van der Waals surface area (Å²) in [6.07, 6.45) is 65.2. The van der Waals surface area contributed by atoms with Crippen molar-refractivity contribution in [2.45, 2.75) is 297 Å². The fourth-order valence-corrected chi connectivity index (χ4v) is 8.09. The molecule has 0 saturated heterocycles. The molecule has 0 saturated carbocycles. The predicted octanol–water partition coefficient (Wildman–Crippen LogP) is 18.7. The molecule has 378 valence electrons. The Bertz CT molecular complexity index is 1140. The summed E-state index contributed by atoms with van der Waals surface area (Å²) < 4.78 is 16.8. The summed E-state index contributed by atoms with van der Waals surface area (Å²) in [7, 11) is 0. The van der Waals surface area contributed by atoms with Gasteiger partial charge in [-0.2, -0.15) is 0 Å². The molecule has 1 unspecified atom stereocenters. The Morgan fingerprint density at radius 1 is 0.308 bits per heavy atom. The number of hydrogen-bond acceptors (Lipinski definition) is 6. The molecule has 0 aromatic rings. The number of hydrogen-bond donors (Lipinski definition) is 0. The highest BCUT2D eigenvalue weighted by atomic mass is 16.6. The zero-order valence-electron chi connectivity index (χ0n) is 43.3. The van der Waals surface area contributed by atoms with Gasteiger partial charge in [0.05, 0.1) is 0 Å². The SMILES string of the molecule is CCCCCCC\C=C/C=C\C=C/CCCCCCCC(=O)OCC(COC(=O)CCCCCCCCCCCCCC)OC(=O)CCCCCCCCC/C=C\CCCCCCCC. The molecule has 0 radical (unpaired) electrons. The summed E-state index contributed by atoms with van der Waals surface area (Å²) in [5.41, 5.74) is 0. The number of carbonyl (C=O) groups is 3. The van der Waals surface area contributed by atoms with E-state index in [1.54, 1.807) is 0 Å². The van der Waals surface area contributed by atoms with Crippen molar-refractivity contribution in [2.24, 2.45) is 0 Å². The number of ether oxygens (including phenoxy) is 3. The quantitative estimate of drug-likeness (QED) is 0.0199. The van der Waals surface area contributed by atoms with Gasteiger partial charge in [-0.15, -0.1) is 0 Å². The van der Waals surface area contributed by atoms with Crippen LogP contribution in [0.25, 0.3) is 0 Å². The van der Waals surface area contributed by atoms with Crippen molar-refractivity contribution in [1.82, 2.24) is 0 Å². The predicted molar refractivity (Wildman–Crippen MR) is 279 cm³/mol. The second-order valence-electron chi connectivity index (χ2n) is 18.9. The van der Waals surface area contributed by atoms with E-state index in [1.165, 1.54) is 173 Å². The third-order valence-electron chi connectivity index (χ3n) is 12.4. The summed E-state index contributed by atoms with van der Waals surface area (Å²) in [6.45, 7) is 6.62. The van der Waals surface area contributed by atoms with Crippen molar-refractivity contribution in [2.75, 3.05) is 13.2 Å². The lowest BCUT2D eigenvalue weighted by Crippen LogP contribution is -2.30. The third kappa shape index (κ3) is 52.2. The van der Waals surface area contributed by atoms with Crippen molar-refractivity contribution < 1.29 is 28.6 Å². The van der Waals surface area contributed by atoms with Crippen molar-refractivity contribution in [3.8, 4) is 0 Å². The number of allylic oxidation sites excluding steroid dienone is 8. The lowest BCUT2D eigenvalue weighted by atomic mass is 10.0. The van der Waals surface area contributed by atoms with E-state index in [2.05, 4.69) is 69.4 Å². The van der Waals surface area contributed by atoms with Gasteiger partial charge < -0.3 is 14.2 Å². The largest absolute Gasteiger partial charge is 0.462 e. The Hall–Kier alpha value is -2.63. The highest BCUT2D eigenvalue weighted by Crippen LogP contribution is 2.15. The maximum Gasteiger partial charge on any atom is 0.306 e. The first-order valence-electron chi connectivity index (χ1n) is 28.2. The Morgan fingerprint density at radius 2 is 0.569 bits per heavy atom. The minimum atomic E-state index is -0.781. The minimum absolute atomic E-state index is 0.0789. The van der Waals surface area contributed by atoms with Crippen molar-refractivity contribution in [3.05, 3.63) is 48.6 Å². The lowest BCUT2D eigenvalue weighted by molar-refractivity contribution is -0.167. The van der Waals surface area contributed by atoms with Gasteiger partial charge >= 0.3 is 17.9 Å². The molecule has 6 heteroatoms. The molecule has 6 nitrogen and oxygen atoms in total. The molecular formula is C59H106O6. The summed E-state index contributed by atoms with van der Waals surface area (Å²) in [6, 6.07) is 0. The van der Waals surface area contributed by atoms with Gasteiger partial charge in [-0.25, -0.2) is 0 Å². The Kier molecular flexibility index (Phi) is 51.8. The first-order chi connectivity index (χ1) is 32.0. The first-order valence-corrected chi connectivity index (χ1v) is 28.2. The Balaban J connectivity index is 4.39. The molecular weight excluding hydrogens is 805 g/mol. The highest BCUT2D eigenvalue weighted by molar-refractivity contribution is 5.71. The Morgan fingerprint density at radius 3 is 0.892 bits per heavy atom. The van der Waals surface area contributed by atoms with E-state index in [-0.39, 0.29) is 31.1 Å². The van der Waals surface area contributed by atoms with E-state index in [0.717, 1.165) is 77.0 Å². The molecule has 0 amide bonds. The van der Waals surface area contributed by atoms with Crippen LogP contribution in [-0.2, 0) is 28.6 Å². The van der Waals surface area contributed by atoms with Gasteiger partial charge in [-0.05, 0) is 70.6 Å². The summed E-state index contributed by atoms with van der Waals surface area (Å²) in [5, 5.41) is 0. The smallest absolute Gasteiger partial charge is 0.306 e. The van der Waals surface area contributed by atoms with Crippen molar-refractivity contribution in [1.29, 1.82) is 0 Å². The Labute approximate surface area is 403 Å². The van der Waals surface area contributed by atoms with Crippen LogP contribution in [0.3, 0.4) is 0 Å². The molecule has 0 rings (SSSR count). The van der Waals surface area contributed by atoms with Crippen molar-refractivity contribution in [3.63, 3.8) is 0 Å². The fourth-order valence-electron chi connectivity index (χ4n) is 8.09.